The summed E-state index contributed by atoms with van der Waals surface area (Å²) >= 11 is 0. The lowest BCUT2D eigenvalue weighted by Crippen LogP contribution is -2.37. The highest BCUT2D eigenvalue weighted by Crippen LogP contribution is 2.34. The molecule has 0 spiro atoms. The number of unbranched alkanes of at least 4 members (excludes halogenated alkanes) is 3. The highest BCUT2D eigenvalue weighted by Gasteiger charge is 2.43. The van der Waals surface area contributed by atoms with Gasteiger partial charge in [0, 0.05) is 0 Å². The van der Waals surface area contributed by atoms with Crippen LogP contribution in [-0.2, 0) is 22.4 Å². The second kappa shape index (κ2) is 9.47. The zero-order valence-electron chi connectivity index (χ0n) is 16.0. The molecule has 3 atom stereocenters. The average Bonchev–Trinajstić information content (AvgIpc) is 2.62. The number of hydrogen-bond donors (Lipinski definition) is 1. The molecule has 0 aromatic heterocycles. The number of alkyl halides is 3. The number of benzene rings is 1. The lowest BCUT2D eigenvalue weighted by molar-refractivity contribution is -0.225. The van der Waals surface area contributed by atoms with E-state index in [-0.39, 0.29) is 18.1 Å². The zero-order chi connectivity index (χ0) is 20.0. The van der Waals surface area contributed by atoms with Crippen LogP contribution in [0.5, 0.6) is 5.75 Å². The van der Waals surface area contributed by atoms with Gasteiger partial charge in [0.05, 0.1) is 5.92 Å². The van der Waals surface area contributed by atoms with E-state index >= 15 is 0 Å². The Balaban J connectivity index is 1.95. The number of hydrogen-bond acceptors (Lipinski definition) is 3. The van der Waals surface area contributed by atoms with E-state index in [0.29, 0.717) is 32.1 Å². The summed E-state index contributed by atoms with van der Waals surface area (Å²) < 4.78 is 44.6. The van der Waals surface area contributed by atoms with Crippen molar-refractivity contribution in [3.05, 3.63) is 29.3 Å². The van der Waals surface area contributed by atoms with Crippen molar-refractivity contribution in [2.45, 2.75) is 77.5 Å². The Morgan fingerprint density at radius 1 is 1.26 bits per heavy atom. The van der Waals surface area contributed by atoms with Gasteiger partial charge in [-0.05, 0) is 61.3 Å². The van der Waals surface area contributed by atoms with Crippen molar-refractivity contribution in [1.29, 1.82) is 0 Å². The molecule has 1 aromatic rings. The topological polar surface area (TPSA) is 46.5 Å². The van der Waals surface area contributed by atoms with E-state index in [9.17, 15) is 23.1 Å². The molecule has 0 fully saturated rings. The number of esters is 1. The Hall–Kier alpha value is -1.72. The molecule has 0 amide bonds. The number of halogens is 3. The van der Waals surface area contributed by atoms with Gasteiger partial charge in [0.25, 0.3) is 0 Å². The highest BCUT2D eigenvalue weighted by molar-refractivity contribution is 5.72. The fourth-order valence-electron chi connectivity index (χ4n) is 3.68. The number of carbonyl (C=O) groups is 1. The van der Waals surface area contributed by atoms with Crippen molar-refractivity contribution in [3.63, 3.8) is 0 Å². The first-order chi connectivity index (χ1) is 12.7. The van der Waals surface area contributed by atoms with Gasteiger partial charge in [-0.15, -0.1) is 0 Å². The molecule has 0 heterocycles. The van der Waals surface area contributed by atoms with Crippen LogP contribution in [0.1, 0.15) is 63.5 Å². The van der Waals surface area contributed by atoms with E-state index in [1.807, 2.05) is 13.0 Å². The number of fused-ring (bicyclic) bond motifs is 1. The van der Waals surface area contributed by atoms with E-state index < -0.39 is 24.2 Å². The summed E-state index contributed by atoms with van der Waals surface area (Å²) in [6.07, 6.45) is -1.78. The molecule has 3 nitrogen and oxygen atoms in total. The minimum absolute atomic E-state index is 0.0523. The molecule has 152 valence electrons. The van der Waals surface area contributed by atoms with Crippen LogP contribution in [0.4, 0.5) is 13.2 Å². The first kappa shape index (κ1) is 21.6. The molecular formula is C21H29F3O3. The largest absolute Gasteiger partial charge is 0.508 e. The monoisotopic (exact) mass is 386 g/mol. The average molecular weight is 386 g/mol. The number of ether oxygens (including phenoxy) is 1. The molecule has 27 heavy (non-hydrogen) atoms. The number of aryl methyl sites for hydroxylation is 1. The normalized spacial score (nSPS) is 19.2. The Morgan fingerprint density at radius 3 is 2.67 bits per heavy atom. The molecule has 0 saturated heterocycles. The molecule has 0 aliphatic heterocycles. The van der Waals surface area contributed by atoms with Crippen molar-refractivity contribution in [2.75, 3.05) is 0 Å². The number of carbonyl (C=O) groups excluding carboxylic acids is 1. The molecule has 1 aromatic carbocycles. The minimum atomic E-state index is -4.53. The molecule has 1 aliphatic rings. The van der Waals surface area contributed by atoms with Gasteiger partial charge in [0.2, 0.25) is 0 Å². The van der Waals surface area contributed by atoms with Gasteiger partial charge < -0.3 is 9.84 Å². The fraction of sp³-hybridized carbons (Fsp3) is 0.667. The Kier molecular flexibility index (Phi) is 7.57. The predicted molar refractivity (Wildman–Crippen MR) is 97.5 cm³/mol. The molecular weight excluding hydrogens is 357 g/mol. The van der Waals surface area contributed by atoms with Crippen molar-refractivity contribution in [2.24, 2.45) is 11.8 Å². The summed E-state index contributed by atoms with van der Waals surface area (Å²) in [4.78, 5) is 12.4. The van der Waals surface area contributed by atoms with Crippen molar-refractivity contribution < 1.29 is 27.8 Å². The van der Waals surface area contributed by atoms with E-state index in [2.05, 4.69) is 0 Å². The van der Waals surface area contributed by atoms with Gasteiger partial charge in [0.15, 0.2) is 6.10 Å². The number of phenols is 1. The van der Waals surface area contributed by atoms with Gasteiger partial charge in [0.1, 0.15) is 5.75 Å². The standard InChI is InChI=1S/C21H29F3O3/c1-3-4-5-6-7-19(21(22,23)24)27-20(26)14(2)15-8-9-17-13-18(25)11-10-16(17)12-15/h10-11,13-15,19,25H,3-9,12H2,1-2H3/t14-,15?,19+/m0/s1. The van der Waals surface area contributed by atoms with Gasteiger partial charge in [-0.25, -0.2) is 0 Å². The third-order valence-corrected chi connectivity index (χ3v) is 5.48. The summed E-state index contributed by atoms with van der Waals surface area (Å²) in [5.41, 5.74) is 2.08. The van der Waals surface area contributed by atoms with Crippen LogP contribution in [-0.4, -0.2) is 23.4 Å². The molecule has 0 saturated carbocycles. The van der Waals surface area contributed by atoms with Gasteiger partial charge in [-0.3, -0.25) is 4.79 Å². The van der Waals surface area contributed by atoms with E-state index in [1.165, 1.54) is 0 Å². The lowest BCUT2D eigenvalue weighted by atomic mass is 9.77. The summed E-state index contributed by atoms with van der Waals surface area (Å²) in [5, 5.41) is 9.55. The third-order valence-electron chi connectivity index (χ3n) is 5.48. The second-order valence-corrected chi connectivity index (χ2v) is 7.56. The SMILES string of the molecule is CCCCCC[C@@H](OC(=O)[C@@H](C)C1CCc2cc(O)ccc2C1)C(F)(F)F. The second-order valence-electron chi connectivity index (χ2n) is 7.56. The number of phenolic OH excluding ortho intramolecular Hbond substituents is 1. The quantitative estimate of drug-likeness (QED) is 0.469. The molecule has 1 unspecified atom stereocenters. The number of aromatic hydroxyl groups is 1. The maximum absolute atomic E-state index is 13.2. The molecule has 2 rings (SSSR count). The first-order valence-electron chi connectivity index (χ1n) is 9.80. The molecule has 0 radical (unpaired) electrons. The van der Waals surface area contributed by atoms with Gasteiger partial charge in [-0.2, -0.15) is 13.2 Å². The van der Waals surface area contributed by atoms with Crippen LogP contribution < -0.4 is 0 Å². The smallest absolute Gasteiger partial charge is 0.425 e. The molecule has 6 heteroatoms. The molecule has 1 N–H and O–H groups in total. The van der Waals surface area contributed by atoms with Crippen LogP contribution in [0.2, 0.25) is 0 Å². The summed E-state index contributed by atoms with van der Waals surface area (Å²) in [6.45, 7) is 3.65. The lowest BCUT2D eigenvalue weighted by Gasteiger charge is -2.30. The number of rotatable bonds is 8. The summed E-state index contributed by atoms with van der Waals surface area (Å²) in [6, 6.07) is 5.13. The summed E-state index contributed by atoms with van der Waals surface area (Å²) in [5.74, 6) is -1.20. The Bertz CT molecular complexity index is 628. The zero-order valence-corrected chi connectivity index (χ0v) is 16.0. The summed E-state index contributed by atoms with van der Waals surface area (Å²) in [7, 11) is 0. The van der Waals surface area contributed by atoms with E-state index in [4.69, 9.17) is 4.74 Å². The fourth-order valence-corrected chi connectivity index (χ4v) is 3.68. The van der Waals surface area contributed by atoms with Crippen molar-refractivity contribution >= 4 is 5.97 Å². The van der Waals surface area contributed by atoms with Crippen molar-refractivity contribution in [3.8, 4) is 5.75 Å². The van der Waals surface area contributed by atoms with Crippen LogP contribution in [0.25, 0.3) is 0 Å². The van der Waals surface area contributed by atoms with Crippen LogP contribution in [0.15, 0.2) is 18.2 Å². The van der Waals surface area contributed by atoms with E-state index in [1.54, 1.807) is 19.1 Å². The third kappa shape index (κ3) is 6.15. The Labute approximate surface area is 158 Å². The maximum Gasteiger partial charge on any atom is 0.425 e. The van der Waals surface area contributed by atoms with Crippen LogP contribution in [0, 0.1) is 11.8 Å². The first-order valence-corrected chi connectivity index (χ1v) is 9.80. The predicted octanol–water partition coefficient (Wildman–Crippen LogP) is 5.58. The van der Waals surface area contributed by atoms with Gasteiger partial charge in [-0.1, -0.05) is 39.2 Å². The molecule has 0 bridgehead atoms. The van der Waals surface area contributed by atoms with E-state index in [0.717, 1.165) is 24.0 Å². The van der Waals surface area contributed by atoms with Gasteiger partial charge >= 0.3 is 12.1 Å². The van der Waals surface area contributed by atoms with Crippen LogP contribution >= 0.6 is 0 Å². The van der Waals surface area contributed by atoms with Crippen LogP contribution in [0.3, 0.4) is 0 Å². The minimum Gasteiger partial charge on any atom is -0.508 e. The van der Waals surface area contributed by atoms with Crippen molar-refractivity contribution in [1.82, 2.24) is 0 Å². The Morgan fingerprint density at radius 2 is 2.00 bits per heavy atom. The highest BCUT2D eigenvalue weighted by atomic mass is 19.4. The molecule has 1 aliphatic carbocycles. The maximum atomic E-state index is 13.2.